The molecule has 0 aliphatic heterocycles. The molecule has 21 heavy (non-hydrogen) atoms. The molecule has 0 unspecified atom stereocenters. The number of nitro groups is 1. The first kappa shape index (κ1) is 14.6. The van der Waals surface area contributed by atoms with Crippen LogP contribution in [0, 0.1) is 10.1 Å². The Bertz CT molecular complexity index is 668. The van der Waals surface area contributed by atoms with E-state index in [2.05, 4.69) is 10.2 Å². The summed E-state index contributed by atoms with van der Waals surface area (Å²) in [6.07, 6.45) is 0. The monoisotopic (exact) mass is 287 g/mol. The summed E-state index contributed by atoms with van der Waals surface area (Å²) in [5, 5.41) is 27.7. The molecule has 108 valence electrons. The number of rotatable bonds is 5. The molecule has 0 fully saturated rings. The van der Waals surface area contributed by atoms with Crippen LogP contribution in [0.4, 0.5) is 17.1 Å². The normalized spacial score (nSPS) is 10.8. The highest BCUT2D eigenvalue weighted by Gasteiger charge is 2.05. The number of ether oxygens (including phenoxy) is 1. The van der Waals surface area contributed by atoms with Crippen LogP contribution in [0.3, 0.4) is 0 Å². The van der Waals surface area contributed by atoms with Gasteiger partial charge in [-0.05, 0) is 29.8 Å². The number of non-ortho nitro benzene ring substituents is 1. The van der Waals surface area contributed by atoms with Gasteiger partial charge in [-0.1, -0.05) is 6.07 Å². The van der Waals surface area contributed by atoms with E-state index in [1.54, 1.807) is 18.2 Å². The molecule has 0 spiro atoms. The number of aliphatic hydroxyl groups is 1. The molecule has 0 atom stereocenters. The Balaban J connectivity index is 2.25. The van der Waals surface area contributed by atoms with Crippen molar-refractivity contribution in [1.82, 2.24) is 0 Å². The first-order chi connectivity index (χ1) is 10.1. The maximum absolute atomic E-state index is 10.6. The zero-order chi connectivity index (χ0) is 15.2. The maximum Gasteiger partial charge on any atom is 0.269 e. The molecule has 0 heterocycles. The minimum atomic E-state index is -0.478. The number of nitrogens with zero attached hydrogens (tertiary/aromatic N) is 3. The fraction of sp³-hybridized carbons (Fsp3) is 0.143. The van der Waals surface area contributed by atoms with Crippen molar-refractivity contribution in [3.05, 3.63) is 58.1 Å². The molecular weight excluding hydrogens is 274 g/mol. The van der Waals surface area contributed by atoms with Crippen LogP contribution in [-0.4, -0.2) is 17.1 Å². The lowest BCUT2D eigenvalue weighted by Crippen LogP contribution is -1.87. The number of benzene rings is 2. The van der Waals surface area contributed by atoms with Crippen LogP contribution < -0.4 is 4.74 Å². The van der Waals surface area contributed by atoms with E-state index >= 15 is 0 Å². The SMILES string of the molecule is COc1ccc(CO)cc1N=Nc1ccc([N+](=O)[O-])cc1. The van der Waals surface area contributed by atoms with Gasteiger partial charge >= 0.3 is 0 Å². The highest BCUT2D eigenvalue weighted by molar-refractivity contribution is 5.54. The van der Waals surface area contributed by atoms with Gasteiger partial charge in [0.2, 0.25) is 0 Å². The molecule has 0 aromatic heterocycles. The first-order valence-corrected chi connectivity index (χ1v) is 6.08. The summed E-state index contributed by atoms with van der Waals surface area (Å²) in [5.74, 6) is 0.526. The summed E-state index contributed by atoms with van der Waals surface area (Å²) < 4.78 is 5.16. The summed E-state index contributed by atoms with van der Waals surface area (Å²) in [4.78, 5) is 10.1. The van der Waals surface area contributed by atoms with Crippen molar-refractivity contribution in [2.75, 3.05) is 7.11 Å². The predicted octanol–water partition coefficient (Wildman–Crippen LogP) is 3.51. The minimum Gasteiger partial charge on any atom is -0.494 e. The van der Waals surface area contributed by atoms with E-state index in [0.717, 1.165) is 0 Å². The van der Waals surface area contributed by atoms with Crippen LogP contribution in [0.1, 0.15) is 5.56 Å². The largest absolute Gasteiger partial charge is 0.494 e. The molecule has 7 heteroatoms. The molecule has 0 radical (unpaired) electrons. The van der Waals surface area contributed by atoms with Gasteiger partial charge in [-0.15, -0.1) is 5.11 Å². The number of hydrogen-bond donors (Lipinski definition) is 1. The fourth-order valence-electron chi connectivity index (χ4n) is 1.66. The zero-order valence-corrected chi connectivity index (χ0v) is 11.3. The Hall–Kier alpha value is -2.80. The average molecular weight is 287 g/mol. The van der Waals surface area contributed by atoms with Gasteiger partial charge in [-0.3, -0.25) is 10.1 Å². The molecule has 1 N–H and O–H groups in total. The molecule has 0 bridgehead atoms. The number of azo groups is 1. The number of aliphatic hydroxyl groups excluding tert-OH is 1. The van der Waals surface area contributed by atoms with E-state index in [9.17, 15) is 10.1 Å². The Kier molecular flexibility index (Phi) is 4.57. The summed E-state index contributed by atoms with van der Waals surface area (Å²) in [5.41, 5.74) is 1.64. The average Bonchev–Trinajstić information content (AvgIpc) is 2.52. The smallest absolute Gasteiger partial charge is 0.269 e. The van der Waals surface area contributed by atoms with Crippen molar-refractivity contribution in [3.63, 3.8) is 0 Å². The predicted molar refractivity (Wildman–Crippen MR) is 76.2 cm³/mol. The number of hydrogen-bond acceptors (Lipinski definition) is 6. The van der Waals surface area contributed by atoms with Crippen LogP contribution >= 0.6 is 0 Å². The number of methoxy groups -OCH3 is 1. The molecule has 0 saturated heterocycles. The molecule has 0 aliphatic carbocycles. The standard InChI is InChI=1S/C14H13N3O4/c1-21-14-7-2-10(9-18)8-13(14)16-15-11-3-5-12(6-4-11)17(19)20/h2-8,18H,9H2,1H3. The first-order valence-electron chi connectivity index (χ1n) is 6.08. The second-order valence-corrected chi connectivity index (χ2v) is 4.14. The Morgan fingerprint density at radius 2 is 1.90 bits per heavy atom. The van der Waals surface area contributed by atoms with Gasteiger partial charge in [0.05, 0.1) is 24.3 Å². The third-order valence-electron chi connectivity index (χ3n) is 2.76. The van der Waals surface area contributed by atoms with Gasteiger partial charge in [-0.2, -0.15) is 5.11 Å². The van der Waals surface area contributed by atoms with Gasteiger partial charge in [0.1, 0.15) is 11.4 Å². The van der Waals surface area contributed by atoms with E-state index in [1.807, 2.05) is 0 Å². The van der Waals surface area contributed by atoms with E-state index < -0.39 is 4.92 Å². The van der Waals surface area contributed by atoms with Gasteiger partial charge in [0.25, 0.3) is 5.69 Å². The Morgan fingerprint density at radius 3 is 2.48 bits per heavy atom. The lowest BCUT2D eigenvalue weighted by molar-refractivity contribution is -0.384. The fourth-order valence-corrected chi connectivity index (χ4v) is 1.66. The van der Waals surface area contributed by atoms with E-state index in [-0.39, 0.29) is 12.3 Å². The van der Waals surface area contributed by atoms with E-state index in [1.165, 1.54) is 31.4 Å². The topological polar surface area (TPSA) is 97.3 Å². The Labute approximate surface area is 120 Å². The molecule has 2 aromatic rings. The number of nitro benzene ring substituents is 1. The van der Waals surface area contributed by atoms with Crippen molar-refractivity contribution in [2.24, 2.45) is 10.2 Å². The summed E-state index contributed by atoms with van der Waals surface area (Å²) in [7, 11) is 1.51. The lowest BCUT2D eigenvalue weighted by atomic mass is 10.2. The lowest BCUT2D eigenvalue weighted by Gasteiger charge is -2.04. The molecule has 0 amide bonds. The summed E-state index contributed by atoms with van der Waals surface area (Å²) in [6.45, 7) is -0.107. The summed E-state index contributed by atoms with van der Waals surface area (Å²) in [6, 6.07) is 10.8. The minimum absolute atomic E-state index is 0.00573. The van der Waals surface area contributed by atoms with Crippen LogP contribution in [0.25, 0.3) is 0 Å². The highest BCUT2D eigenvalue weighted by atomic mass is 16.6. The van der Waals surface area contributed by atoms with Crippen molar-refractivity contribution in [2.45, 2.75) is 6.61 Å². The second kappa shape index (κ2) is 6.58. The van der Waals surface area contributed by atoms with Crippen LogP contribution in [0.2, 0.25) is 0 Å². The highest BCUT2D eigenvalue weighted by Crippen LogP contribution is 2.30. The molecule has 0 saturated carbocycles. The van der Waals surface area contributed by atoms with Gasteiger partial charge < -0.3 is 9.84 Å². The zero-order valence-electron chi connectivity index (χ0n) is 11.3. The van der Waals surface area contributed by atoms with Crippen LogP contribution in [0.5, 0.6) is 5.75 Å². The van der Waals surface area contributed by atoms with Crippen molar-refractivity contribution in [3.8, 4) is 5.75 Å². The third-order valence-corrected chi connectivity index (χ3v) is 2.76. The molecule has 7 nitrogen and oxygen atoms in total. The summed E-state index contributed by atoms with van der Waals surface area (Å²) >= 11 is 0. The van der Waals surface area contributed by atoms with Crippen molar-refractivity contribution >= 4 is 17.1 Å². The third kappa shape index (κ3) is 3.61. The van der Waals surface area contributed by atoms with Crippen molar-refractivity contribution in [1.29, 1.82) is 0 Å². The van der Waals surface area contributed by atoms with Crippen LogP contribution in [-0.2, 0) is 6.61 Å². The van der Waals surface area contributed by atoms with Gasteiger partial charge in [0, 0.05) is 12.1 Å². The van der Waals surface area contributed by atoms with E-state index in [4.69, 9.17) is 9.84 Å². The molecule has 2 rings (SSSR count). The van der Waals surface area contributed by atoms with E-state index in [0.29, 0.717) is 22.7 Å². The van der Waals surface area contributed by atoms with Gasteiger partial charge in [-0.25, -0.2) is 0 Å². The quantitative estimate of drug-likeness (QED) is 0.517. The van der Waals surface area contributed by atoms with Crippen molar-refractivity contribution < 1.29 is 14.8 Å². The van der Waals surface area contributed by atoms with Gasteiger partial charge in [0.15, 0.2) is 0 Å². The molecular formula is C14H13N3O4. The molecule has 0 aliphatic rings. The maximum atomic E-state index is 10.6. The molecule has 2 aromatic carbocycles. The van der Waals surface area contributed by atoms with Crippen LogP contribution in [0.15, 0.2) is 52.7 Å². The Morgan fingerprint density at radius 1 is 1.19 bits per heavy atom. The second-order valence-electron chi connectivity index (χ2n) is 4.14.